The summed E-state index contributed by atoms with van der Waals surface area (Å²) in [5.74, 6) is 0.795. The average molecular weight is 257 g/mol. The van der Waals surface area contributed by atoms with Gasteiger partial charge < -0.3 is 4.90 Å². The first-order valence-electron chi connectivity index (χ1n) is 6.70. The van der Waals surface area contributed by atoms with Gasteiger partial charge in [-0.3, -0.25) is 4.79 Å². The van der Waals surface area contributed by atoms with Crippen LogP contribution >= 0.6 is 0 Å². The van der Waals surface area contributed by atoms with Crippen LogP contribution in [0.3, 0.4) is 0 Å². The van der Waals surface area contributed by atoms with E-state index in [4.69, 9.17) is 0 Å². The van der Waals surface area contributed by atoms with E-state index >= 15 is 0 Å². The molecule has 0 aromatic rings. The van der Waals surface area contributed by atoms with Crippen molar-refractivity contribution in [2.24, 2.45) is 17.3 Å². The first kappa shape index (κ1) is 19.8. The zero-order valence-electron chi connectivity index (χ0n) is 13.2. The van der Waals surface area contributed by atoms with Gasteiger partial charge in [-0.15, -0.1) is 0 Å². The molecule has 0 saturated heterocycles. The van der Waals surface area contributed by atoms with Gasteiger partial charge in [0.25, 0.3) is 0 Å². The topological polar surface area (TPSA) is 20.3 Å². The van der Waals surface area contributed by atoms with Crippen molar-refractivity contribution in [1.29, 1.82) is 0 Å². The van der Waals surface area contributed by atoms with E-state index in [1.165, 1.54) is 0 Å². The summed E-state index contributed by atoms with van der Waals surface area (Å²) in [5.41, 5.74) is -0.0833. The van der Waals surface area contributed by atoms with Crippen molar-refractivity contribution in [3.8, 4) is 0 Å². The highest BCUT2D eigenvalue weighted by atomic mass is 16.2. The second kappa shape index (κ2) is 6.58. The lowest BCUT2D eigenvalue weighted by Gasteiger charge is -2.41. The molecule has 0 aliphatic rings. The van der Waals surface area contributed by atoms with Gasteiger partial charge in [-0.1, -0.05) is 48.5 Å². The van der Waals surface area contributed by atoms with Gasteiger partial charge in [0, 0.05) is 18.5 Å². The van der Waals surface area contributed by atoms with E-state index in [1.54, 1.807) is 0 Å². The number of amides is 1. The summed E-state index contributed by atoms with van der Waals surface area (Å²) in [4.78, 5) is 14.6. The van der Waals surface area contributed by atoms with Gasteiger partial charge in [-0.2, -0.15) is 0 Å². The first-order valence-corrected chi connectivity index (χ1v) is 6.70. The molecule has 0 saturated carbocycles. The molecule has 0 spiro atoms. The Hall–Kier alpha value is -0.530. The van der Waals surface area contributed by atoms with E-state index in [-0.39, 0.29) is 30.2 Å². The molecular weight excluding hydrogens is 222 g/mol. The van der Waals surface area contributed by atoms with Gasteiger partial charge in [0.1, 0.15) is 0 Å². The summed E-state index contributed by atoms with van der Waals surface area (Å²) in [6, 6.07) is 0. The highest BCUT2D eigenvalue weighted by Gasteiger charge is 2.38. The van der Waals surface area contributed by atoms with Crippen LogP contribution < -0.4 is 0 Å². The SMILES string of the molecule is C.CCC(C)[C@@H](C(=O)N(C)C(C)(C)C)C(C)(C)C. The van der Waals surface area contributed by atoms with E-state index < -0.39 is 0 Å². The Morgan fingerprint density at radius 1 is 1.11 bits per heavy atom. The van der Waals surface area contributed by atoms with Gasteiger partial charge >= 0.3 is 0 Å². The molecule has 0 aliphatic heterocycles. The van der Waals surface area contributed by atoms with Crippen LogP contribution in [0.2, 0.25) is 0 Å². The highest BCUT2D eigenvalue weighted by Crippen LogP contribution is 2.36. The summed E-state index contributed by atoms with van der Waals surface area (Å²) in [7, 11) is 1.92. The van der Waals surface area contributed by atoms with Gasteiger partial charge in [-0.05, 0) is 32.1 Å². The minimum atomic E-state index is -0.103. The molecule has 0 aromatic heterocycles. The highest BCUT2D eigenvalue weighted by molar-refractivity contribution is 5.80. The molecule has 0 bridgehead atoms. The molecule has 0 aliphatic carbocycles. The van der Waals surface area contributed by atoms with Crippen molar-refractivity contribution in [1.82, 2.24) is 4.90 Å². The van der Waals surface area contributed by atoms with Crippen molar-refractivity contribution in [2.45, 2.75) is 74.8 Å². The van der Waals surface area contributed by atoms with E-state index in [0.29, 0.717) is 5.92 Å². The largest absolute Gasteiger partial charge is 0.341 e. The van der Waals surface area contributed by atoms with Crippen LogP contribution in [-0.2, 0) is 4.79 Å². The second-order valence-electron chi connectivity index (χ2n) is 7.30. The Bertz CT molecular complexity index is 257. The molecule has 0 rings (SSSR count). The van der Waals surface area contributed by atoms with E-state index in [2.05, 4.69) is 55.4 Å². The third-order valence-corrected chi connectivity index (χ3v) is 3.75. The lowest BCUT2D eigenvalue weighted by atomic mass is 9.71. The van der Waals surface area contributed by atoms with Crippen molar-refractivity contribution in [3.05, 3.63) is 0 Å². The number of hydrogen-bond donors (Lipinski definition) is 0. The summed E-state index contributed by atoms with van der Waals surface area (Å²) >= 11 is 0. The van der Waals surface area contributed by atoms with Crippen molar-refractivity contribution >= 4 is 5.91 Å². The number of carbonyl (C=O) groups excluding carboxylic acids is 1. The van der Waals surface area contributed by atoms with E-state index in [0.717, 1.165) is 6.42 Å². The zero-order valence-corrected chi connectivity index (χ0v) is 13.2. The van der Waals surface area contributed by atoms with Crippen molar-refractivity contribution < 1.29 is 4.79 Å². The molecule has 18 heavy (non-hydrogen) atoms. The minimum absolute atomic E-state index is 0. The fourth-order valence-electron chi connectivity index (χ4n) is 2.24. The maximum absolute atomic E-state index is 12.7. The molecule has 2 atom stereocenters. The van der Waals surface area contributed by atoms with Crippen LogP contribution in [0, 0.1) is 17.3 Å². The summed E-state index contributed by atoms with van der Waals surface area (Å²) < 4.78 is 0. The molecule has 1 amide bonds. The predicted molar refractivity (Wildman–Crippen MR) is 81.7 cm³/mol. The number of nitrogens with zero attached hydrogens (tertiary/aromatic N) is 1. The monoisotopic (exact) mass is 257 g/mol. The van der Waals surface area contributed by atoms with Crippen LogP contribution in [0.5, 0.6) is 0 Å². The molecule has 0 N–H and O–H groups in total. The summed E-state index contributed by atoms with van der Waals surface area (Å²) in [6.07, 6.45) is 1.05. The Kier molecular flexibility index (Phi) is 7.24. The maximum Gasteiger partial charge on any atom is 0.226 e. The molecule has 2 nitrogen and oxygen atoms in total. The quantitative estimate of drug-likeness (QED) is 0.724. The van der Waals surface area contributed by atoms with E-state index in [1.807, 2.05) is 11.9 Å². The molecule has 0 fully saturated rings. The lowest BCUT2D eigenvalue weighted by Crippen LogP contribution is -2.49. The third-order valence-electron chi connectivity index (χ3n) is 3.75. The van der Waals surface area contributed by atoms with Crippen molar-refractivity contribution in [3.63, 3.8) is 0 Å². The van der Waals surface area contributed by atoms with Crippen LogP contribution in [0.15, 0.2) is 0 Å². The Labute approximate surface area is 115 Å². The Balaban J connectivity index is 0. The summed E-state index contributed by atoms with van der Waals surface area (Å²) in [5, 5.41) is 0. The molecule has 2 heteroatoms. The average Bonchev–Trinajstić information content (AvgIpc) is 2.12. The van der Waals surface area contributed by atoms with Gasteiger partial charge in [0.2, 0.25) is 5.91 Å². The maximum atomic E-state index is 12.7. The zero-order chi connectivity index (χ0) is 14.0. The van der Waals surface area contributed by atoms with Crippen LogP contribution in [0.4, 0.5) is 0 Å². The fourth-order valence-corrected chi connectivity index (χ4v) is 2.24. The molecular formula is C16H35NO. The van der Waals surface area contributed by atoms with Gasteiger partial charge in [0.05, 0.1) is 0 Å². The van der Waals surface area contributed by atoms with Crippen molar-refractivity contribution in [2.75, 3.05) is 7.05 Å². The lowest BCUT2D eigenvalue weighted by molar-refractivity contribution is -0.144. The fraction of sp³-hybridized carbons (Fsp3) is 0.938. The van der Waals surface area contributed by atoms with Crippen LogP contribution in [-0.4, -0.2) is 23.4 Å². The normalized spacial score (nSPS) is 15.6. The van der Waals surface area contributed by atoms with Crippen LogP contribution in [0.25, 0.3) is 0 Å². The first-order chi connectivity index (χ1) is 7.42. The van der Waals surface area contributed by atoms with Gasteiger partial charge in [-0.25, -0.2) is 0 Å². The summed E-state index contributed by atoms with van der Waals surface area (Å²) in [6.45, 7) is 17.1. The third kappa shape index (κ3) is 4.99. The minimum Gasteiger partial charge on any atom is -0.341 e. The number of carbonyl (C=O) groups is 1. The molecule has 0 radical (unpaired) electrons. The predicted octanol–water partition coefficient (Wildman–Crippen LogP) is 4.59. The Morgan fingerprint density at radius 2 is 1.50 bits per heavy atom. The van der Waals surface area contributed by atoms with Crippen LogP contribution in [0.1, 0.15) is 69.2 Å². The second-order valence-corrected chi connectivity index (χ2v) is 7.30. The Morgan fingerprint density at radius 3 is 1.72 bits per heavy atom. The molecule has 0 heterocycles. The van der Waals surface area contributed by atoms with Gasteiger partial charge in [0.15, 0.2) is 0 Å². The smallest absolute Gasteiger partial charge is 0.226 e. The molecule has 1 unspecified atom stereocenters. The molecule has 110 valence electrons. The standard InChI is InChI=1S/C15H31NO.CH4/c1-10-11(2)12(14(3,4)5)13(17)16(9)15(6,7)8;/h11-12H,10H2,1-9H3;1H4/t11?,12-;/m0./s1. The number of rotatable bonds is 3. The molecule has 0 aromatic carbocycles. The van der Waals surface area contributed by atoms with E-state index in [9.17, 15) is 4.79 Å². The number of hydrogen-bond acceptors (Lipinski definition) is 1.